The van der Waals surface area contributed by atoms with E-state index in [4.69, 9.17) is 4.74 Å². The lowest BCUT2D eigenvalue weighted by Crippen LogP contribution is -2.52. The Morgan fingerprint density at radius 3 is 2.22 bits per heavy atom. The number of rotatable bonds is 1. The van der Waals surface area contributed by atoms with E-state index >= 15 is 0 Å². The van der Waals surface area contributed by atoms with Crippen LogP contribution in [0.15, 0.2) is 0 Å². The van der Waals surface area contributed by atoms with Gasteiger partial charge in [-0.25, -0.2) is 0 Å². The van der Waals surface area contributed by atoms with Gasteiger partial charge in [0.2, 0.25) is 0 Å². The highest BCUT2D eigenvalue weighted by Crippen LogP contribution is 2.42. The van der Waals surface area contributed by atoms with Crippen molar-refractivity contribution in [2.24, 2.45) is 11.8 Å². The molecule has 18 heavy (non-hydrogen) atoms. The van der Waals surface area contributed by atoms with E-state index in [1.165, 1.54) is 44.9 Å². The fourth-order valence-corrected chi connectivity index (χ4v) is 4.70. The van der Waals surface area contributed by atoms with Crippen LogP contribution in [0.5, 0.6) is 0 Å². The van der Waals surface area contributed by atoms with Gasteiger partial charge in [0.15, 0.2) is 0 Å². The summed E-state index contributed by atoms with van der Waals surface area (Å²) >= 11 is 0. The summed E-state index contributed by atoms with van der Waals surface area (Å²) in [6.07, 6.45) is 11.3. The maximum atomic E-state index is 5.87. The zero-order valence-corrected chi connectivity index (χ0v) is 12.1. The zero-order chi connectivity index (χ0) is 12.5. The first-order valence-electron chi connectivity index (χ1n) is 8.12. The molecule has 1 saturated heterocycles. The molecule has 3 aliphatic rings. The molecule has 2 heteroatoms. The van der Waals surface area contributed by atoms with Crippen LogP contribution in [0.4, 0.5) is 0 Å². The molecule has 0 bridgehead atoms. The van der Waals surface area contributed by atoms with Crippen molar-refractivity contribution in [2.75, 3.05) is 13.1 Å². The van der Waals surface area contributed by atoms with Crippen molar-refractivity contribution in [1.29, 1.82) is 0 Å². The summed E-state index contributed by atoms with van der Waals surface area (Å²) in [6, 6.07) is 0.859. The third kappa shape index (κ3) is 2.75. The van der Waals surface area contributed by atoms with Crippen LogP contribution in [0.2, 0.25) is 0 Å². The maximum absolute atomic E-state index is 5.87. The minimum Gasteiger partial charge on any atom is -0.373 e. The zero-order valence-electron chi connectivity index (χ0n) is 12.1. The van der Waals surface area contributed by atoms with Gasteiger partial charge in [0.1, 0.15) is 0 Å². The predicted molar refractivity (Wildman–Crippen MR) is 74.7 cm³/mol. The first-order valence-corrected chi connectivity index (χ1v) is 8.12. The first-order chi connectivity index (χ1) is 8.72. The molecule has 0 amide bonds. The maximum Gasteiger partial charge on any atom is 0.0678 e. The van der Waals surface area contributed by atoms with E-state index in [9.17, 15) is 0 Å². The third-order valence-electron chi connectivity index (χ3n) is 5.48. The predicted octanol–water partition coefficient (Wildman–Crippen LogP) is 3.45. The van der Waals surface area contributed by atoms with E-state index in [-0.39, 0.29) is 0 Å². The largest absolute Gasteiger partial charge is 0.373 e. The highest BCUT2D eigenvalue weighted by atomic mass is 16.5. The van der Waals surface area contributed by atoms with Crippen molar-refractivity contribution in [3.8, 4) is 0 Å². The minimum absolute atomic E-state index is 0.429. The summed E-state index contributed by atoms with van der Waals surface area (Å²) in [4.78, 5) is 2.74. The SMILES string of the molecule is C[C@@H]1CN(C2CCC3CCCCC3C2)C[C@H](C)O1. The van der Waals surface area contributed by atoms with Crippen LogP contribution in [0.25, 0.3) is 0 Å². The molecule has 0 radical (unpaired) electrons. The number of hydrogen-bond donors (Lipinski definition) is 0. The molecule has 2 aliphatic carbocycles. The fraction of sp³-hybridized carbons (Fsp3) is 1.00. The number of nitrogens with zero attached hydrogens (tertiary/aromatic N) is 1. The lowest BCUT2D eigenvalue weighted by atomic mass is 9.69. The van der Waals surface area contributed by atoms with Gasteiger partial charge in [0.05, 0.1) is 12.2 Å². The molecule has 2 nitrogen and oxygen atoms in total. The van der Waals surface area contributed by atoms with E-state index in [2.05, 4.69) is 18.7 Å². The summed E-state index contributed by atoms with van der Waals surface area (Å²) in [5, 5.41) is 0. The average Bonchev–Trinajstić information content (AvgIpc) is 2.37. The van der Waals surface area contributed by atoms with Crippen LogP contribution in [0, 0.1) is 11.8 Å². The Labute approximate surface area is 112 Å². The van der Waals surface area contributed by atoms with Crippen molar-refractivity contribution >= 4 is 0 Å². The lowest BCUT2D eigenvalue weighted by molar-refractivity contribution is -0.0898. The van der Waals surface area contributed by atoms with Crippen LogP contribution < -0.4 is 0 Å². The molecule has 3 unspecified atom stereocenters. The van der Waals surface area contributed by atoms with Crippen molar-refractivity contribution < 1.29 is 4.74 Å². The average molecular weight is 251 g/mol. The molecule has 0 spiro atoms. The Morgan fingerprint density at radius 1 is 0.833 bits per heavy atom. The monoisotopic (exact) mass is 251 g/mol. The lowest BCUT2D eigenvalue weighted by Gasteiger charge is -2.46. The molecule has 0 aromatic carbocycles. The van der Waals surface area contributed by atoms with Crippen LogP contribution in [-0.2, 0) is 4.74 Å². The van der Waals surface area contributed by atoms with E-state index < -0.39 is 0 Å². The summed E-state index contributed by atoms with van der Waals surface area (Å²) in [7, 11) is 0. The van der Waals surface area contributed by atoms with Gasteiger partial charge in [-0.15, -0.1) is 0 Å². The normalized spacial score (nSPS) is 46.7. The molecule has 1 heterocycles. The Morgan fingerprint density at radius 2 is 1.50 bits per heavy atom. The summed E-state index contributed by atoms with van der Waals surface area (Å²) in [5.41, 5.74) is 0. The first kappa shape index (κ1) is 12.9. The second-order valence-corrected chi connectivity index (χ2v) is 6.98. The van der Waals surface area contributed by atoms with Crippen LogP contribution in [0.3, 0.4) is 0 Å². The quantitative estimate of drug-likeness (QED) is 0.707. The van der Waals surface area contributed by atoms with Gasteiger partial charge in [-0.05, 0) is 44.9 Å². The molecule has 0 N–H and O–H groups in total. The van der Waals surface area contributed by atoms with Gasteiger partial charge in [0, 0.05) is 19.1 Å². The van der Waals surface area contributed by atoms with Crippen LogP contribution in [0.1, 0.15) is 58.8 Å². The van der Waals surface area contributed by atoms with E-state index in [1.54, 1.807) is 0 Å². The molecule has 3 rings (SSSR count). The van der Waals surface area contributed by atoms with Crippen molar-refractivity contribution in [1.82, 2.24) is 4.90 Å². The standard InChI is InChI=1S/C16H29NO/c1-12-10-17(11-13(2)18-12)16-8-7-14-5-3-4-6-15(14)9-16/h12-16H,3-11H2,1-2H3/t12-,13+,14?,15?,16?. The second kappa shape index (κ2) is 5.50. The molecule has 104 valence electrons. The smallest absolute Gasteiger partial charge is 0.0678 e. The Kier molecular flexibility index (Phi) is 3.95. The highest BCUT2D eigenvalue weighted by Gasteiger charge is 2.36. The van der Waals surface area contributed by atoms with E-state index in [0.29, 0.717) is 12.2 Å². The highest BCUT2D eigenvalue weighted by molar-refractivity contribution is 4.89. The summed E-state index contributed by atoms with van der Waals surface area (Å²) in [6.45, 7) is 6.78. The van der Waals surface area contributed by atoms with Gasteiger partial charge in [-0.1, -0.05) is 25.7 Å². The molecule has 5 atom stereocenters. The Bertz CT molecular complexity index is 270. The van der Waals surface area contributed by atoms with Gasteiger partial charge in [-0.3, -0.25) is 4.90 Å². The Balaban J connectivity index is 1.59. The van der Waals surface area contributed by atoms with Crippen LogP contribution >= 0.6 is 0 Å². The molecule has 0 aromatic rings. The van der Waals surface area contributed by atoms with E-state index in [1.807, 2.05) is 0 Å². The van der Waals surface area contributed by atoms with E-state index in [0.717, 1.165) is 31.0 Å². The molecule has 2 saturated carbocycles. The minimum atomic E-state index is 0.429. The number of hydrogen-bond acceptors (Lipinski definition) is 2. The van der Waals surface area contributed by atoms with Gasteiger partial charge < -0.3 is 4.74 Å². The fourth-order valence-electron chi connectivity index (χ4n) is 4.70. The summed E-state index contributed by atoms with van der Waals surface area (Å²) in [5.74, 6) is 2.12. The second-order valence-electron chi connectivity index (χ2n) is 6.98. The molecular weight excluding hydrogens is 222 g/mol. The summed E-state index contributed by atoms with van der Waals surface area (Å²) < 4.78 is 5.87. The Hall–Kier alpha value is -0.0800. The molecule has 1 aliphatic heterocycles. The molecular formula is C16H29NO. The topological polar surface area (TPSA) is 12.5 Å². The van der Waals surface area contributed by atoms with Crippen molar-refractivity contribution in [3.63, 3.8) is 0 Å². The third-order valence-corrected chi connectivity index (χ3v) is 5.48. The van der Waals surface area contributed by atoms with Gasteiger partial charge in [-0.2, -0.15) is 0 Å². The molecule has 0 aromatic heterocycles. The van der Waals surface area contributed by atoms with Gasteiger partial charge in [0.25, 0.3) is 0 Å². The van der Waals surface area contributed by atoms with Crippen molar-refractivity contribution in [2.45, 2.75) is 77.0 Å². The number of fused-ring (bicyclic) bond motifs is 1. The van der Waals surface area contributed by atoms with Crippen molar-refractivity contribution in [3.05, 3.63) is 0 Å². The number of ether oxygens (including phenoxy) is 1. The van der Waals surface area contributed by atoms with Gasteiger partial charge >= 0.3 is 0 Å². The number of morpholine rings is 1. The van der Waals surface area contributed by atoms with Crippen LogP contribution in [-0.4, -0.2) is 36.2 Å². The molecule has 3 fully saturated rings.